The van der Waals surface area contributed by atoms with Gasteiger partial charge in [0.2, 0.25) is 0 Å². The van der Waals surface area contributed by atoms with E-state index in [1.807, 2.05) is 30.3 Å². The summed E-state index contributed by atoms with van der Waals surface area (Å²) < 4.78 is 5.77. The van der Waals surface area contributed by atoms with Crippen LogP contribution >= 0.6 is 23.4 Å². The molecule has 3 aromatic carbocycles. The summed E-state index contributed by atoms with van der Waals surface area (Å²) in [6, 6.07) is 22.8. The summed E-state index contributed by atoms with van der Waals surface area (Å²) in [5.74, 6) is 0.489. The molecule has 0 saturated heterocycles. The fourth-order valence-corrected chi connectivity index (χ4v) is 4.83. The van der Waals surface area contributed by atoms with Gasteiger partial charge in [-0.2, -0.15) is 0 Å². The third-order valence-corrected chi connectivity index (χ3v) is 6.46. The highest BCUT2D eigenvalue weighted by atomic mass is 35.5. The molecule has 0 spiro atoms. The van der Waals surface area contributed by atoms with Crippen LogP contribution in [0.4, 0.5) is 17.1 Å². The number of nitro benzene ring substituents is 1. The minimum absolute atomic E-state index is 0.0469. The number of para-hydroxylation sites is 2. The van der Waals surface area contributed by atoms with Crippen LogP contribution in [0.5, 0.6) is 0 Å². The Hall–Kier alpha value is -3.81. The fraction of sp³-hybridized carbons (Fsp3) is 0. The zero-order chi connectivity index (χ0) is 22.9. The lowest BCUT2D eigenvalue weighted by molar-refractivity contribution is -0.384. The largest absolute Gasteiger partial charge is 0.456 e. The lowest BCUT2D eigenvalue weighted by Crippen LogP contribution is -2.26. The lowest BCUT2D eigenvalue weighted by atomic mass is 10.1. The van der Waals surface area contributed by atoms with Crippen LogP contribution in [0.2, 0.25) is 5.02 Å². The topological polar surface area (TPSA) is 76.6 Å². The molecular weight excluding hydrogens is 460 g/mol. The number of carbonyl (C=O) groups is 1. The minimum Gasteiger partial charge on any atom is -0.456 e. The van der Waals surface area contributed by atoms with Crippen LogP contribution in [-0.2, 0) is 4.79 Å². The van der Waals surface area contributed by atoms with Crippen molar-refractivity contribution < 1.29 is 14.1 Å². The van der Waals surface area contributed by atoms with Gasteiger partial charge < -0.3 is 4.42 Å². The van der Waals surface area contributed by atoms with Crippen molar-refractivity contribution in [2.75, 3.05) is 4.90 Å². The summed E-state index contributed by atoms with van der Waals surface area (Å²) in [6.45, 7) is 0. The normalized spacial score (nSPS) is 12.5. The number of halogens is 1. The third-order valence-electron chi connectivity index (χ3n) is 5.09. The molecule has 4 aromatic rings. The Morgan fingerprint density at radius 1 is 0.970 bits per heavy atom. The highest BCUT2D eigenvalue weighted by Crippen LogP contribution is 2.48. The summed E-state index contributed by atoms with van der Waals surface area (Å²) >= 11 is 7.80. The second-order valence-corrected chi connectivity index (χ2v) is 8.69. The first kappa shape index (κ1) is 21.1. The second-order valence-electron chi connectivity index (χ2n) is 7.17. The van der Waals surface area contributed by atoms with Crippen molar-refractivity contribution in [2.45, 2.75) is 9.79 Å². The molecule has 33 heavy (non-hydrogen) atoms. The summed E-state index contributed by atoms with van der Waals surface area (Å²) in [5, 5.41) is 11.8. The zero-order valence-corrected chi connectivity index (χ0v) is 18.5. The summed E-state index contributed by atoms with van der Waals surface area (Å²) in [7, 11) is 0. The molecule has 1 aromatic heterocycles. The maximum atomic E-state index is 13.3. The molecule has 6 nitrogen and oxygen atoms in total. The van der Waals surface area contributed by atoms with Crippen LogP contribution in [0.3, 0.4) is 0 Å². The molecule has 5 rings (SSSR count). The van der Waals surface area contributed by atoms with Crippen LogP contribution in [0.25, 0.3) is 17.4 Å². The minimum atomic E-state index is -0.453. The van der Waals surface area contributed by atoms with Gasteiger partial charge in [0.1, 0.15) is 11.5 Å². The third kappa shape index (κ3) is 4.04. The van der Waals surface area contributed by atoms with E-state index in [-0.39, 0.29) is 11.6 Å². The number of rotatable bonds is 4. The molecule has 0 aliphatic carbocycles. The first-order chi connectivity index (χ1) is 16.0. The van der Waals surface area contributed by atoms with Gasteiger partial charge in [-0.15, -0.1) is 0 Å². The molecule has 0 N–H and O–H groups in total. The molecule has 1 amide bonds. The Morgan fingerprint density at radius 2 is 1.73 bits per heavy atom. The molecule has 1 aliphatic heterocycles. The van der Waals surface area contributed by atoms with Gasteiger partial charge in [-0.25, -0.2) is 0 Å². The van der Waals surface area contributed by atoms with E-state index in [4.69, 9.17) is 16.0 Å². The molecule has 8 heteroatoms. The zero-order valence-electron chi connectivity index (χ0n) is 17.0. The van der Waals surface area contributed by atoms with E-state index in [9.17, 15) is 14.9 Å². The number of fused-ring (bicyclic) bond motifs is 2. The van der Waals surface area contributed by atoms with Crippen molar-refractivity contribution in [3.8, 4) is 11.3 Å². The average molecular weight is 475 g/mol. The van der Waals surface area contributed by atoms with E-state index in [1.165, 1.54) is 12.1 Å². The Kier molecular flexibility index (Phi) is 5.50. The van der Waals surface area contributed by atoms with E-state index in [0.717, 1.165) is 15.5 Å². The van der Waals surface area contributed by atoms with E-state index in [2.05, 4.69) is 0 Å². The second kappa shape index (κ2) is 8.61. The fourth-order valence-electron chi connectivity index (χ4n) is 3.62. The van der Waals surface area contributed by atoms with Gasteiger partial charge in [-0.3, -0.25) is 19.8 Å². The smallest absolute Gasteiger partial charge is 0.280 e. The lowest BCUT2D eigenvalue weighted by Gasteiger charge is -2.30. The maximum Gasteiger partial charge on any atom is 0.280 e. The summed E-state index contributed by atoms with van der Waals surface area (Å²) in [6.07, 6.45) is 2.97. The van der Waals surface area contributed by atoms with Crippen LogP contribution < -0.4 is 4.90 Å². The standard InChI is InChI=1S/C25H15ClN2O4S/c26-16-9-13-24-21(15-16)27(20-7-3-4-8-23(20)33-24)25(29)14-11-17-10-12-22(32-17)18-5-1-2-6-19(18)28(30)31/h1-15H/b14-11+. The quantitative estimate of drug-likeness (QED) is 0.175. The Balaban J connectivity index is 1.47. The van der Waals surface area contributed by atoms with Crippen LogP contribution in [0.15, 0.2) is 99.1 Å². The highest BCUT2D eigenvalue weighted by molar-refractivity contribution is 7.99. The van der Waals surface area contributed by atoms with Gasteiger partial charge in [0.15, 0.2) is 0 Å². The molecule has 0 saturated carbocycles. The molecule has 0 fully saturated rings. The van der Waals surface area contributed by atoms with E-state index in [0.29, 0.717) is 27.8 Å². The first-order valence-electron chi connectivity index (χ1n) is 9.93. The van der Waals surface area contributed by atoms with Gasteiger partial charge in [-0.05, 0) is 54.6 Å². The molecule has 0 bridgehead atoms. The highest BCUT2D eigenvalue weighted by Gasteiger charge is 2.27. The number of furan rings is 1. The van der Waals surface area contributed by atoms with Gasteiger partial charge in [0, 0.05) is 27.0 Å². The molecule has 0 radical (unpaired) electrons. The van der Waals surface area contributed by atoms with Crippen molar-refractivity contribution in [1.82, 2.24) is 0 Å². The molecule has 0 unspecified atom stereocenters. The van der Waals surface area contributed by atoms with Crippen LogP contribution in [0, 0.1) is 10.1 Å². The number of nitrogens with zero attached hydrogens (tertiary/aromatic N) is 2. The maximum absolute atomic E-state index is 13.3. The average Bonchev–Trinajstić information content (AvgIpc) is 3.30. The van der Waals surface area contributed by atoms with Gasteiger partial charge in [-0.1, -0.05) is 47.6 Å². The van der Waals surface area contributed by atoms with E-state index < -0.39 is 4.92 Å². The van der Waals surface area contributed by atoms with Crippen molar-refractivity contribution in [2.24, 2.45) is 0 Å². The van der Waals surface area contributed by atoms with E-state index in [1.54, 1.807) is 65.2 Å². The predicted molar refractivity (Wildman–Crippen MR) is 129 cm³/mol. The van der Waals surface area contributed by atoms with Crippen LogP contribution in [0.1, 0.15) is 5.76 Å². The summed E-state index contributed by atoms with van der Waals surface area (Å²) in [4.78, 5) is 27.6. The van der Waals surface area contributed by atoms with E-state index >= 15 is 0 Å². The van der Waals surface area contributed by atoms with Gasteiger partial charge >= 0.3 is 0 Å². The van der Waals surface area contributed by atoms with Crippen molar-refractivity contribution in [3.63, 3.8) is 0 Å². The van der Waals surface area contributed by atoms with Crippen molar-refractivity contribution >= 4 is 52.4 Å². The molecule has 2 heterocycles. The van der Waals surface area contributed by atoms with Gasteiger partial charge in [0.05, 0.1) is 21.9 Å². The number of hydrogen-bond donors (Lipinski definition) is 0. The summed E-state index contributed by atoms with van der Waals surface area (Å²) in [5.41, 5.74) is 1.81. The monoisotopic (exact) mass is 474 g/mol. The number of benzene rings is 3. The number of nitro groups is 1. The molecule has 1 aliphatic rings. The number of carbonyl (C=O) groups excluding carboxylic acids is 1. The van der Waals surface area contributed by atoms with Gasteiger partial charge in [0.25, 0.3) is 11.6 Å². The Bertz CT molecular complexity index is 1430. The Labute approximate surface area is 198 Å². The van der Waals surface area contributed by atoms with Crippen molar-refractivity contribution in [3.05, 3.63) is 106 Å². The predicted octanol–water partition coefficient (Wildman–Crippen LogP) is 7.35. The molecular formula is C25H15ClN2O4S. The number of amides is 1. The Morgan fingerprint density at radius 3 is 2.58 bits per heavy atom. The van der Waals surface area contributed by atoms with Crippen LogP contribution in [-0.4, -0.2) is 10.8 Å². The number of anilines is 2. The molecule has 0 atom stereocenters. The number of hydrogen-bond acceptors (Lipinski definition) is 5. The first-order valence-corrected chi connectivity index (χ1v) is 11.1. The molecule has 162 valence electrons. The SMILES string of the molecule is O=C(/C=C/c1ccc(-c2ccccc2[N+](=O)[O-])o1)N1c2ccccc2Sc2ccc(Cl)cc21. The van der Waals surface area contributed by atoms with Crippen molar-refractivity contribution in [1.29, 1.82) is 0 Å².